The molecule has 1 saturated carbocycles. The highest BCUT2D eigenvalue weighted by Gasteiger charge is 2.19. The topological polar surface area (TPSA) is 62.2 Å². The van der Waals surface area contributed by atoms with Crippen LogP contribution in [0.2, 0.25) is 0 Å². The van der Waals surface area contributed by atoms with Crippen molar-refractivity contribution in [3.63, 3.8) is 0 Å². The number of aromatic nitrogens is 1. The van der Waals surface area contributed by atoms with Gasteiger partial charge in [0.2, 0.25) is 0 Å². The number of hydrogen-bond donors (Lipinski definition) is 2. The number of carboxylic acid groups (broad SMARTS) is 1. The van der Waals surface area contributed by atoms with Gasteiger partial charge in [0.1, 0.15) is 5.69 Å². The fraction of sp³-hybridized carbons (Fsp3) is 0.600. The number of nitrogens with zero attached hydrogens (tertiary/aromatic N) is 1. The first-order chi connectivity index (χ1) is 9.16. The first-order valence-corrected chi connectivity index (χ1v) is 7.09. The average molecular weight is 262 g/mol. The van der Waals surface area contributed by atoms with Crippen LogP contribution in [0.15, 0.2) is 18.2 Å². The van der Waals surface area contributed by atoms with Crippen molar-refractivity contribution in [2.24, 2.45) is 5.92 Å². The van der Waals surface area contributed by atoms with Crippen LogP contribution in [0.5, 0.6) is 0 Å². The summed E-state index contributed by atoms with van der Waals surface area (Å²) in [5.74, 6) is -0.224. The molecule has 0 aliphatic heterocycles. The predicted octanol–water partition coefficient (Wildman–Crippen LogP) is 2.84. The van der Waals surface area contributed by atoms with E-state index in [0.717, 1.165) is 11.6 Å². The van der Waals surface area contributed by atoms with E-state index >= 15 is 0 Å². The molecule has 1 aromatic rings. The Morgan fingerprint density at radius 1 is 1.42 bits per heavy atom. The lowest BCUT2D eigenvalue weighted by atomic mass is 9.84. The van der Waals surface area contributed by atoms with E-state index in [1.807, 2.05) is 6.07 Å². The van der Waals surface area contributed by atoms with Crippen molar-refractivity contribution in [2.45, 2.75) is 51.6 Å². The fourth-order valence-corrected chi connectivity index (χ4v) is 2.76. The Kier molecular flexibility index (Phi) is 4.91. The summed E-state index contributed by atoms with van der Waals surface area (Å²) in [5, 5.41) is 12.4. The van der Waals surface area contributed by atoms with E-state index in [1.54, 1.807) is 6.07 Å². The van der Waals surface area contributed by atoms with Crippen LogP contribution in [-0.4, -0.2) is 22.1 Å². The van der Waals surface area contributed by atoms with Gasteiger partial charge in [-0.2, -0.15) is 0 Å². The van der Waals surface area contributed by atoms with E-state index in [4.69, 9.17) is 5.11 Å². The summed E-state index contributed by atoms with van der Waals surface area (Å²) in [6.07, 6.45) is 6.64. The van der Waals surface area contributed by atoms with Gasteiger partial charge >= 0.3 is 5.97 Å². The molecular weight excluding hydrogens is 240 g/mol. The quantitative estimate of drug-likeness (QED) is 0.856. The molecule has 2 rings (SSSR count). The maximum Gasteiger partial charge on any atom is 0.354 e. The number of aromatic carboxylic acids is 1. The van der Waals surface area contributed by atoms with Crippen LogP contribution < -0.4 is 5.32 Å². The zero-order valence-electron chi connectivity index (χ0n) is 11.4. The normalized spacial score (nSPS) is 18.2. The third kappa shape index (κ3) is 4.03. The van der Waals surface area contributed by atoms with Crippen molar-refractivity contribution in [3.05, 3.63) is 29.6 Å². The second kappa shape index (κ2) is 6.66. The van der Waals surface area contributed by atoms with E-state index in [9.17, 15) is 4.79 Å². The predicted molar refractivity (Wildman–Crippen MR) is 74.1 cm³/mol. The minimum absolute atomic E-state index is 0.115. The van der Waals surface area contributed by atoms with Crippen molar-refractivity contribution in [3.8, 4) is 0 Å². The molecule has 1 atom stereocenters. The largest absolute Gasteiger partial charge is 0.477 e. The SMILES string of the molecule is C[C@@H](NCc1cccc(C(=O)O)n1)C1CCCCC1. The van der Waals surface area contributed by atoms with Gasteiger partial charge in [-0.15, -0.1) is 0 Å². The van der Waals surface area contributed by atoms with E-state index in [1.165, 1.54) is 38.2 Å². The Hall–Kier alpha value is -1.42. The Bertz CT molecular complexity index is 428. The van der Waals surface area contributed by atoms with E-state index in [-0.39, 0.29) is 5.69 Å². The molecule has 19 heavy (non-hydrogen) atoms. The fourth-order valence-electron chi connectivity index (χ4n) is 2.76. The Labute approximate surface area is 114 Å². The maximum atomic E-state index is 10.9. The molecule has 0 spiro atoms. The van der Waals surface area contributed by atoms with Crippen molar-refractivity contribution >= 4 is 5.97 Å². The summed E-state index contributed by atoms with van der Waals surface area (Å²) in [5.41, 5.74) is 0.909. The molecular formula is C15H22N2O2. The highest BCUT2D eigenvalue weighted by Crippen LogP contribution is 2.26. The lowest BCUT2D eigenvalue weighted by Gasteiger charge is -2.28. The van der Waals surface area contributed by atoms with Gasteiger partial charge in [-0.05, 0) is 37.8 Å². The highest BCUT2D eigenvalue weighted by molar-refractivity contribution is 5.85. The highest BCUT2D eigenvalue weighted by atomic mass is 16.4. The molecule has 0 aromatic carbocycles. The van der Waals surface area contributed by atoms with Crippen LogP contribution in [0.4, 0.5) is 0 Å². The summed E-state index contributed by atoms with van der Waals surface area (Å²) in [4.78, 5) is 15.0. The van der Waals surface area contributed by atoms with E-state index < -0.39 is 5.97 Å². The van der Waals surface area contributed by atoms with Gasteiger partial charge in [0.15, 0.2) is 0 Å². The van der Waals surface area contributed by atoms with Crippen LogP contribution >= 0.6 is 0 Å². The first kappa shape index (κ1) is 14.0. The van der Waals surface area contributed by atoms with Gasteiger partial charge < -0.3 is 10.4 Å². The summed E-state index contributed by atoms with van der Waals surface area (Å²) in [6.45, 7) is 2.86. The first-order valence-electron chi connectivity index (χ1n) is 7.09. The standard InChI is InChI=1S/C15H22N2O2/c1-11(12-6-3-2-4-7-12)16-10-13-8-5-9-14(17-13)15(18)19/h5,8-9,11-12,16H,2-4,6-7,10H2,1H3,(H,18,19)/t11-/m1/s1. The van der Waals surface area contributed by atoms with E-state index in [0.29, 0.717) is 12.6 Å². The molecule has 0 bridgehead atoms. The molecule has 104 valence electrons. The van der Waals surface area contributed by atoms with Gasteiger partial charge in [-0.3, -0.25) is 0 Å². The minimum atomic E-state index is -0.970. The second-order valence-corrected chi connectivity index (χ2v) is 5.39. The number of nitrogens with one attached hydrogen (secondary N) is 1. The van der Waals surface area contributed by atoms with Crippen molar-refractivity contribution in [1.82, 2.24) is 10.3 Å². The Morgan fingerprint density at radius 3 is 2.84 bits per heavy atom. The summed E-state index contributed by atoms with van der Waals surface area (Å²) in [6, 6.07) is 5.61. The molecule has 4 nitrogen and oxygen atoms in total. The van der Waals surface area contributed by atoms with Gasteiger partial charge in [0, 0.05) is 12.6 Å². The Balaban J connectivity index is 1.87. The lowest BCUT2D eigenvalue weighted by Crippen LogP contribution is -2.34. The average Bonchev–Trinajstić information content (AvgIpc) is 2.46. The van der Waals surface area contributed by atoms with Crippen molar-refractivity contribution in [1.29, 1.82) is 0 Å². The third-order valence-corrected chi connectivity index (χ3v) is 3.99. The van der Waals surface area contributed by atoms with Crippen molar-refractivity contribution < 1.29 is 9.90 Å². The molecule has 1 fully saturated rings. The van der Waals surface area contributed by atoms with Gasteiger partial charge in [0.25, 0.3) is 0 Å². The minimum Gasteiger partial charge on any atom is -0.477 e. The number of carboxylic acids is 1. The summed E-state index contributed by atoms with van der Waals surface area (Å²) >= 11 is 0. The van der Waals surface area contributed by atoms with Crippen LogP contribution in [0.3, 0.4) is 0 Å². The number of carbonyl (C=O) groups is 1. The Morgan fingerprint density at radius 2 is 2.16 bits per heavy atom. The number of hydrogen-bond acceptors (Lipinski definition) is 3. The van der Waals surface area contributed by atoms with Crippen LogP contribution in [0, 0.1) is 5.92 Å². The zero-order chi connectivity index (χ0) is 13.7. The molecule has 0 saturated heterocycles. The maximum absolute atomic E-state index is 10.9. The number of rotatable bonds is 5. The lowest BCUT2D eigenvalue weighted by molar-refractivity contribution is 0.0690. The molecule has 2 N–H and O–H groups in total. The molecule has 1 heterocycles. The van der Waals surface area contributed by atoms with Crippen LogP contribution in [-0.2, 0) is 6.54 Å². The van der Waals surface area contributed by atoms with Gasteiger partial charge in [0.05, 0.1) is 5.69 Å². The van der Waals surface area contributed by atoms with Gasteiger partial charge in [-0.25, -0.2) is 9.78 Å². The van der Waals surface area contributed by atoms with Gasteiger partial charge in [-0.1, -0.05) is 25.3 Å². The second-order valence-electron chi connectivity index (χ2n) is 5.39. The molecule has 1 aromatic heterocycles. The van der Waals surface area contributed by atoms with Crippen LogP contribution in [0.1, 0.15) is 55.2 Å². The molecule has 1 aliphatic rings. The molecule has 0 unspecified atom stereocenters. The summed E-state index contributed by atoms with van der Waals surface area (Å²) in [7, 11) is 0. The van der Waals surface area contributed by atoms with E-state index in [2.05, 4.69) is 17.2 Å². The molecule has 0 amide bonds. The summed E-state index contributed by atoms with van der Waals surface area (Å²) < 4.78 is 0. The molecule has 4 heteroatoms. The molecule has 0 radical (unpaired) electrons. The third-order valence-electron chi connectivity index (χ3n) is 3.99. The van der Waals surface area contributed by atoms with Crippen molar-refractivity contribution in [2.75, 3.05) is 0 Å². The smallest absolute Gasteiger partial charge is 0.354 e. The zero-order valence-corrected chi connectivity index (χ0v) is 11.4. The monoisotopic (exact) mass is 262 g/mol. The number of pyridine rings is 1. The molecule has 1 aliphatic carbocycles. The van der Waals surface area contributed by atoms with Crippen LogP contribution in [0.25, 0.3) is 0 Å².